The second kappa shape index (κ2) is 8.17. The van der Waals surface area contributed by atoms with Gasteiger partial charge in [-0.15, -0.1) is 11.3 Å². The third kappa shape index (κ3) is 5.43. The monoisotopic (exact) mass is 291 g/mol. The minimum Gasteiger partial charge on any atom is -0.389 e. The maximum Gasteiger partial charge on any atom is 0.0900 e. The van der Waals surface area contributed by atoms with E-state index in [0.29, 0.717) is 19.8 Å². The Balaban J connectivity index is 1.63. The molecule has 1 heterocycles. The lowest BCUT2D eigenvalue weighted by molar-refractivity contribution is 0.0128. The summed E-state index contributed by atoms with van der Waals surface area (Å²) in [5.74, 6) is 0. The molecule has 1 unspecified atom stereocenters. The average Bonchev–Trinajstić information content (AvgIpc) is 2.92. The number of thiophene rings is 1. The van der Waals surface area contributed by atoms with Crippen LogP contribution in [-0.4, -0.2) is 36.3 Å². The lowest BCUT2D eigenvalue weighted by atomic mass is 10.2. The Morgan fingerprint density at radius 2 is 2.00 bits per heavy atom. The fourth-order valence-corrected chi connectivity index (χ4v) is 2.82. The number of hydrogen-bond donors (Lipinski definition) is 1. The van der Waals surface area contributed by atoms with Gasteiger partial charge in [0.1, 0.15) is 0 Å². The minimum atomic E-state index is -0.455. The van der Waals surface area contributed by atoms with Gasteiger partial charge >= 0.3 is 0 Å². The molecule has 0 aliphatic carbocycles. The number of hydrogen-bond acceptors (Lipinski definition) is 4. The molecule has 0 radical (unpaired) electrons. The number of aliphatic hydroxyl groups excluding tert-OH is 1. The molecule has 108 valence electrons. The third-order valence-corrected chi connectivity index (χ3v) is 3.81. The van der Waals surface area contributed by atoms with Gasteiger partial charge in [-0.2, -0.15) is 0 Å². The van der Waals surface area contributed by atoms with Gasteiger partial charge in [0.25, 0.3) is 0 Å². The molecular weight excluding hydrogens is 270 g/mol. The lowest BCUT2D eigenvalue weighted by Crippen LogP contribution is -2.31. The van der Waals surface area contributed by atoms with Crippen LogP contribution in [0.4, 0.5) is 0 Å². The van der Waals surface area contributed by atoms with Gasteiger partial charge in [0.05, 0.1) is 19.3 Å². The van der Waals surface area contributed by atoms with Gasteiger partial charge in [0.15, 0.2) is 0 Å². The van der Waals surface area contributed by atoms with Crippen LogP contribution in [0.1, 0.15) is 10.4 Å². The molecule has 20 heavy (non-hydrogen) atoms. The molecule has 4 heteroatoms. The van der Waals surface area contributed by atoms with Crippen LogP contribution in [0.5, 0.6) is 0 Å². The first-order valence-electron chi connectivity index (χ1n) is 6.74. The minimum absolute atomic E-state index is 0.365. The number of rotatable bonds is 8. The number of ether oxygens (including phenoxy) is 1. The highest BCUT2D eigenvalue weighted by molar-refractivity contribution is 7.09. The molecule has 2 aromatic rings. The van der Waals surface area contributed by atoms with Crippen molar-refractivity contribution >= 4 is 11.3 Å². The zero-order valence-electron chi connectivity index (χ0n) is 11.7. The molecule has 3 nitrogen and oxygen atoms in total. The second-order valence-electron chi connectivity index (χ2n) is 4.93. The molecule has 0 fully saturated rings. The molecule has 0 saturated carbocycles. The summed E-state index contributed by atoms with van der Waals surface area (Å²) in [6.45, 7) is 2.40. The van der Waals surface area contributed by atoms with Crippen molar-refractivity contribution in [3.63, 3.8) is 0 Å². The Hall–Kier alpha value is -1.20. The van der Waals surface area contributed by atoms with Crippen molar-refractivity contribution < 1.29 is 9.84 Å². The summed E-state index contributed by atoms with van der Waals surface area (Å²) >= 11 is 1.74. The predicted molar refractivity (Wildman–Crippen MR) is 82.8 cm³/mol. The summed E-state index contributed by atoms with van der Waals surface area (Å²) in [6, 6.07) is 14.2. The van der Waals surface area contributed by atoms with Crippen LogP contribution in [0.25, 0.3) is 0 Å². The predicted octanol–water partition coefficient (Wildman–Crippen LogP) is 2.76. The molecular formula is C16H21NO2S. The molecule has 0 aliphatic rings. The summed E-state index contributed by atoms with van der Waals surface area (Å²) in [7, 11) is 2.01. The lowest BCUT2D eigenvalue weighted by Gasteiger charge is -2.19. The summed E-state index contributed by atoms with van der Waals surface area (Å²) in [6.07, 6.45) is -0.455. The van der Waals surface area contributed by atoms with E-state index in [9.17, 15) is 5.11 Å². The van der Waals surface area contributed by atoms with Gasteiger partial charge in [-0.3, -0.25) is 4.90 Å². The van der Waals surface area contributed by atoms with E-state index in [1.807, 2.05) is 43.4 Å². The quantitative estimate of drug-likeness (QED) is 0.812. The number of benzene rings is 1. The molecule has 0 bridgehead atoms. The van der Waals surface area contributed by atoms with Gasteiger partial charge in [-0.1, -0.05) is 36.4 Å². The molecule has 0 aliphatic heterocycles. The second-order valence-corrected chi connectivity index (χ2v) is 5.96. The fourth-order valence-electron chi connectivity index (χ4n) is 2.03. The van der Waals surface area contributed by atoms with Crippen molar-refractivity contribution in [3.8, 4) is 0 Å². The van der Waals surface area contributed by atoms with Crippen molar-refractivity contribution in [2.24, 2.45) is 0 Å². The highest BCUT2D eigenvalue weighted by atomic mass is 32.1. The smallest absolute Gasteiger partial charge is 0.0900 e. The van der Waals surface area contributed by atoms with Crippen LogP contribution in [0, 0.1) is 0 Å². The Kier molecular flexibility index (Phi) is 6.21. The largest absolute Gasteiger partial charge is 0.389 e. The van der Waals surface area contributed by atoms with Crippen molar-refractivity contribution in [1.82, 2.24) is 4.90 Å². The van der Waals surface area contributed by atoms with Crippen molar-refractivity contribution in [1.29, 1.82) is 0 Å². The van der Waals surface area contributed by atoms with E-state index >= 15 is 0 Å². The Labute approximate surface area is 124 Å². The molecule has 0 spiro atoms. The first-order chi connectivity index (χ1) is 9.74. The summed E-state index contributed by atoms with van der Waals surface area (Å²) in [5, 5.41) is 12.0. The Bertz CT molecular complexity index is 472. The topological polar surface area (TPSA) is 32.7 Å². The van der Waals surface area contributed by atoms with E-state index in [2.05, 4.69) is 16.3 Å². The van der Waals surface area contributed by atoms with Crippen LogP contribution in [0.3, 0.4) is 0 Å². The van der Waals surface area contributed by atoms with E-state index in [1.165, 1.54) is 4.88 Å². The van der Waals surface area contributed by atoms with Gasteiger partial charge in [-0.25, -0.2) is 0 Å². The van der Waals surface area contributed by atoms with E-state index in [0.717, 1.165) is 12.1 Å². The van der Waals surface area contributed by atoms with Crippen LogP contribution in [0.15, 0.2) is 47.8 Å². The van der Waals surface area contributed by atoms with Gasteiger partial charge < -0.3 is 9.84 Å². The van der Waals surface area contributed by atoms with Gasteiger partial charge in [0, 0.05) is 18.0 Å². The molecule has 1 aromatic carbocycles. The van der Waals surface area contributed by atoms with Crippen LogP contribution in [-0.2, 0) is 17.9 Å². The highest BCUT2D eigenvalue weighted by Crippen LogP contribution is 2.11. The number of aliphatic hydroxyl groups is 1. The van der Waals surface area contributed by atoms with E-state index in [-0.39, 0.29) is 0 Å². The molecule has 0 amide bonds. The Morgan fingerprint density at radius 1 is 1.20 bits per heavy atom. The van der Waals surface area contributed by atoms with E-state index in [4.69, 9.17) is 4.74 Å². The standard InChI is InChI=1S/C16H21NO2S/c1-17(11-16-8-5-9-20-16)10-15(18)13-19-12-14-6-3-2-4-7-14/h2-9,15,18H,10-13H2,1H3. The van der Waals surface area contributed by atoms with Gasteiger partial charge in [-0.05, 0) is 24.1 Å². The zero-order valence-corrected chi connectivity index (χ0v) is 12.6. The molecule has 1 atom stereocenters. The number of nitrogens with zero attached hydrogens (tertiary/aromatic N) is 1. The molecule has 1 aromatic heterocycles. The SMILES string of the molecule is CN(Cc1cccs1)CC(O)COCc1ccccc1. The Morgan fingerprint density at radius 3 is 2.70 bits per heavy atom. The summed E-state index contributed by atoms with van der Waals surface area (Å²) in [5.41, 5.74) is 1.13. The van der Waals surface area contributed by atoms with Crippen LogP contribution < -0.4 is 0 Å². The maximum atomic E-state index is 9.96. The summed E-state index contributed by atoms with van der Waals surface area (Å²) in [4.78, 5) is 3.42. The van der Waals surface area contributed by atoms with Crippen LogP contribution >= 0.6 is 11.3 Å². The third-order valence-electron chi connectivity index (χ3n) is 2.95. The van der Waals surface area contributed by atoms with Crippen LogP contribution in [0.2, 0.25) is 0 Å². The first kappa shape index (κ1) is 15.2. The van der Waals surface area contributed by atoms with Crippen molar-refractivity contribution in [2.75, 3.05) is 20.2 Å². The van der Waals surface area contributed by atoms with E-state index in [1.54, 1.807) is 11.3 Å². The number of likely N-dealkylation sites (N-methyl/N-ethyl adjacent to an activating group) is 1. The molecule has 2 rings (SSSR count). The average molecular weight is 291 g/mol. The maximum absolute atomic E-state index is 9.96. The highest BCUT2D eigenvalue weighted by Gasteiger charge is 2.09. The fraction of sp³-hybridized carbons (Fsp3) is 0.375. The normalized spacial score (nSPS) is 12.8. The molecule has 0 saturated heterocycles. The van der Waals surface area contributed by atoms with E-state index < -0.39 is 6.10 Å². The first-order valence-corrected chi connectivity index (χ1v) is 7.62. The molecule has 1 N–H and O–H groups in total. The van der Waals surface area contributed by atoms with Crippen molar-refractivity contribution in [2.45, 2.75) is 19.3 Å². The van der Waals surface area contributed by atoms with Gasteiger partial charge in [0.2, 0.25) is 0 Å². The van der Waals surface area contributed by atoms with Crippen molar-refractivity contribution in [3.05, 3.63) is 58.3 Å². The zero-order chi connectivity index (χ0) is 14.2. The summed E-state index contributed by atoms with van der Waals surface area (Å²) < 4.78 is 5.54.